The summed E-state index contributed by atoms with van der Waals surface area (Å²) in [6, 6.07) is 10.0. The number of carbonyl (C=O) groups is 1. The fraction of sp³-hybridized carbons (Fsp3) is 0.238. The average Bonchev–Trinajstić information content (AvgIpc) is 2.67. The van der Waals surface area contributed by atoms with Crippen LogP contribution < -0.4 is 16.0 Å². The van der Waals surface area contributed by atoms with Crippen LogP contribution in [0.4, 0.5) is 21.8 Å². The quantitative estimate of drug-likeness (QED) is 0.531. The summed E-state index contributed by atoms with van der Waals surface area (Å²) in [5.41, 5.74) is 1.89. The van der Waals surface area contributed by atoms with Gasteiger partial charge in [0.1, 0.15) is 29.1 Å². The van der Waals surface area contributed by atoms with E-state index in [0.29, 0.717) is 47.5 Å². The first-order valence-electron chi connectivity index (χ1n) is 9.24. The molecule has 150 valence electrons. The van der Waals surface area contributed by atoms with Gasteiger partial charge in [0.25, 0.3) is 5.91 Å². The summed E-state index contributed by atoms with van der Waals surface area (Å²) in [7, 11) is 0. The van der Waals surface area contributed by atoms with Crippen molar-refractivity contribution in [2.45, 2.75) is 20.8 Å². The number of aromatic nitrogens is 3. The van der Waals surface area contributed by atoms with Crippen molar-refractivity contribution in [3.05, 3.63) is 70.9 Å². The molecule has 3 rings (SSSR count). The topological polar surface area (TPSA) is 91.8 Å². The van der Waals surface area contributed by atoms with Gasteiger partial charge in [0, 0.05) is 30.9 Å². The van der Waals surface area contributed by atoms with E-state index in [9.17, 15) is 9.18 Å². The minimum Gasteiger partial charge on any atom is -0.368 e. The molecule has 0 unspecified atom stereocenters. The summed E-state index contributed by atoms with van der Waals surface area (Å²) in [5, 5.41) is 9.06. The number of benzene rings is 1. The van der Waals surface area contributed by atoms with Crippen molar-refractivity contribution in [2.75, 3.05) is 23.7 Å². The zero-order valence-electron chi connectivity index (χ0n) is 16.6. The van der Waals surface area contributed by atoms with Crippen LogP contribution in [0.25, 0.3) is 0 Å². The highest BCUT2D eigenvalue weighted by atomic mass is 19.1. The predicted molar refractivity (Wildman–Crippen MR) is 111 cm³/mol. The summed E-state index contributed by atoms with van der Waals surface area (Å²) in [6.45, 7) is 6.26. The standard InChI is InChI=1S/C21H23FN6O/c1-13-6-7-23-18(10-13)28-20-12-19(26-15(3)27-20)24-8-9-25-21(29)16-5-4-14(2)17(22)11-16/h4-7,10-12H,8-9H2,1-3H3,(H,25,29)(H2,23,24,26,27,28). The Bertz CT molecular complexity index is 1020. The maximum Gasteiger partial charge on any atom is 0.251 e. The summed E-state index contributed by atoms with van der Waals surface area (Å²) in [4.78, 5) is 25.1. The number of anilines is 3. The summed E-state index contributed by atoms with van der Waals surface area (Å²) < 4.78 is 13.6. The van der Waals surface area contributed by atoms with Gasteiger partial charge in [0.2, 0.25) is 0 Å². The van der Waals surface area contributed by atoms with Gasteiger partial charge in [-0.2, -0.15) is 0 Å². The van der Waals surface area contributed by atoms with E-state index in [1.165, 1.54) is 6.07 Å². The van der Waals surface area contributed by atoms with Crippen LogP contribution in [0.5, 0.6) is 0 Å². The Kier molecular flexibility index (Phi) is 6.33. The minimum atomic E-state index is -0.393. The van der Waals surface area contributed by atoms with Gasteiger partial charge in [0.05, 0.1) is 0 Å². The van der Waals surface area contributed by atoms with E-state index < -0.39 is 5.82 Å². The molecule has 0 bridgehead atoms. The Morgan fingerprint density at radius 2 is 1.76 bits per heavy atom. The van der Waals surface area contributed by atoms with Crippen LogP contribution in [0.15, 0.2) is 42.6 Å². The zero-order chi connectivity index (χ0) is 20.8. The molecule has 8 heteroatoms. The Morgan fingerprint density at radius 1 is 0.966 bits per heavy atom. The SMILES string of the molecule is Cc1ccnc(Nc2cc(NCCNC(=O)c3ccc(C)c(F)c3)nc(C)n2)c1. The molecule has 0 fully saturated rings. The van der Waals surface area contributed by atoms with Crippen molar-refractivity contribution in [1.82, 2.24) is 20.3 Å². The molecular weight excluding hydrogens is 371 g/mol. The number of amides is 1. The van der Waals surface area contributed by atoms with Gasteiger partial charge >= 0.3 is 0 Å². The fourth-order valence-corrected chi connectivity index (χ4v) is 2.66. The molecule has 2 heterocycles. The van der Waals surface area contributed by atoms with Gasteiger partial charge in [-0.05, 0) is 56.2 Å². The number of halogens is 1. The van der Waals surface area contributed by atoms with E-state index in [4.69, 9.17) is 0 Å². The predicted octanol–water partition coefficient (Wildman–Crippen LogP) is 3.52. The number of nitrogens with one attached hydrogen (secondary N) is 3. The van der Waals surface area contributed by atoms with Crippen LogP contribution in [0, 0.1) is 26.6 Å². The number of rotatable bonds is 7. The van der Waals surface area contributed by atoms with Crippen LogP contribution in [-0.2, 0) is 0 Å². The summed E-state index contributed by atoms with van der Waals surface area (Å²) in [6.07, 6.45) is 1.73. The van der Waals surface area contributed by atoms with E-state index in [0.717, 1.165) is 5.56 Å². The normalized spacial score (nSPS) is 10.5. The second-order valence-electron chi connectivity index (χ2n) is 6.68. The molecule has 1 amide bonds. The molecule has 0 saturated heterocycles. The van der Waals surface area contributed by atoms with E-state index in [2.05, 4.69) is 30.9 Å². The number of hydrogen-bond donors (Lipinski definition) is 3. The van der Waals surface area contributed by atoms with Crippen LogP contribution in [0.3, 0.4) is 0 Å². The third-order valence-electron chi connectivity index (χ3n) is 4.16. The van der Waals surface area contributed by atoms with Crippen LogP contribution in [-0.4, -0.2) is 33.9 Å². The first kappa shape index (κ1) is 20.2. The zero-order valence-corrected chi connectivity index (χ0v) is 16.6. The second kappa shape index (κ2) is 9.09. The maximum absolute atomic E-state index is 13.6. The molecule has 7 nitrogen and oxygen atoms in total. The van der Waals surface area contributed by atoms with Crippen LogP contribution >= 0.6 is 0 Å². The Labute approximate surface area is 168 Å². The molecule has 0 spiro atoms. The van der Waals surface area contributed by atoms with Crippen molar-refractivity contribution in [1.29, 1.82) is 0 Å². The third kappa shape index (κ3) is 5.71. The van der Waals surface area contributed by atoms with E-state index in [1.54, 1.807) is 38.2 Å². The van der Waals surface area contributed by atoms with Crippen molar-refractivity contribution in [3.63, 3.8) is 0 Å². The lowest BCUT2D eigenvalue weighted by Gasteiger charge is -2.11. The van der Waals surface area contributed by atoms with Gasteiger partial charge in [0.15, 0.2) is 0 Å². The van der Waals surface area contributed by atoms with Gasteiger partial charge in [-0.25, -0.2) is 19.3 Å². The van der Waals surface area contributed by atoms with Gasteiger partial charge in [-0.15, -0.1) is 0 Å². The van der Waals surface area contributed by atoms with E-state index in [1.807, 2.05) is 19.1 Å². The smallest absolute Gasteiger partial charge is 0.251 e. The number of pyridine rings is 1. The Morgan fingerprint density at radius 3 is 2.52 bits per heavy atom. The average molecular weight is 394 g/mol. The molecule has 1 aromatic carbocycles. The first-order valence-corrected chi connectivity index (χ1v) is 9.24. The molecule has 0 saturated carbocycles. The molecule has 3 aromatic rings. The largest absolute Gasteiger partial charge is 0.368 e. The van der Waals surface area contributed by atoms with E-state index >= 15 is 0 Å². The molecule has 3 N–H and O–H groups in total. The number of aryl methyl sites for hydroxylation is 3. The highest BCUT2D eigenvalue weighted by Crippen LogP contribution is 2.16. The molecule has 2 aromatic heterocycles. The monoisotopic (exact) mass is 394 g/mol. The highest BCUT2D eigenvalue weighted by Gasteiger charge is 2.08. The second-order valence-corrected chi connectivity index (χ2v) is 6.68. The maximum atomic E-state index is 13.6. The van der Waals surface area contributed by atoms with Crippen molar-refractivity contribution < 1.29 is 9.18 Å². The molecule has 0 radical (unpaired) electrons. The highest BCUT2D eigenvalue weighted by molar-refractivity contribution is 5.94. The third-order valence-corrected chi connectivity index (χ3v) is 4.16. The Balaban J connectivity index is 1.54. The van der Waals surface area contributed by atoms with Gasteiger partial charge < -0.3 is 16.0 Å². The summed E-state index contributed by atoms with van der Waals surface area (Å²) >= 11 is 0. The molecule has 29 heavy (non-hydrogen) atoms. The molecule has 0 aliphatic carbocycles. The lowest BCUT2D eigenvalue weighted by Crippen LogP contribution is -2.29. The van der Waals surface area contributed by atoms with Crippen LogP contribution in [0.2, 0.25) is 0 Å². The molecule has 0 atom stereocenters. The number of carbonyl (C=O) groups excluding carboxylic acids is 1. The molecule has 0 aliphatic heterocycles. The molecular formula is C21H23FN6O. The minimum absolute atomic E-state index is 0.295. The van der Waals surface area contributed by atoms with E-state index in [-0.39, 0.29) is 5.91 Å². The van der Waals surface area contributed by atoms with Gasteiger partial charge in [-0.3, -0.25) is 4.79 Å². The summed E-state index contributed by atoms with van der Waals surface area (Å²) in [5.74, 6) is 1.84. The lowest BCUT2D eigenvalue weighted by atomic mass is 10.1. The van der Waals surface area contributed by atoms with Crippen molar-refractivity contribution in [3.8, 4) is 0 Å². The first-order chi connectivity index (χ1) is 13.9. The fourth-order valence-electron chi connectivity index (χ4n) is 2.66. The molecule has 0 aliphatic rings. The number of hydrogen-bond acceptors (Lipinski definition) is 6. The van der Waals surface area contributed by atoms with Crippen molar-refractivity contribution in [2.24, 2.45) is 0 Å². The van der Waals surface area contributed by atoms with Crippen LogP contribution in [0.1, 0.15) is 27.3 Å². The lowest BCUT2D eigenvalue weighted by molar-refractivity contribution is 0.0954. The Hall–Kier alpha value is -3.55. The number of nitrogens with zero attached hydrogens (tertiary/aromatic N) is 3. The van der Waals surface area contributed by atoms with Gasteiger partial charge in [-0.1, -0.05) is 6.07 Å². The van der Waals surface area contributed by atoms with Crippen molar-refractivity contribution >= 4 is 23.4 Å².